The maximum absolute atomic E-state index is 12.6. The zero-order valence-corrected chi connectivity index (χ0v) is 17.1. The minimum atomic E-state index is -3.00. The van der Waals surface area contributed by atoms with Gasteiger partial charge in [-0.3, -0.25) is 9.59 Å². The van der Waals surface area contributed by atoms with Crippen molar-refractivity contribution in [2.24, 2.45) is 0 Å². The minimum absolute atomic E-state index is 0.0489. The average Bonchev–Trinajstić information content (AvgIpc) is 2.90. The molecule has 0 unspecified atom stereocenters. The van der Waals surface area contributed by atoms with Crippen molar-refractivity contribution in [3.8, 4) is 5.75 Å². The molecule has 0 saturated carbocycles. The molecule has 148 valence electrons. The van der Waals surface area contributed by atoms with Crippen LogP contribution < -0.4 is 10.3 Å². The number of fused-ring (bicyclic) bond motifs is 1. The zero-order chi connectivity index (χ0) is 20.4. The maximum atomic E-state index is 12.6. The Labute approximate surface area is 168 Å². The monoisotopic (exact) mass is 424 g/mol. The number of thioether (sulfide) groups is 1. The fourth-order valence-electron chi connectivity index (χ4n) is 2.75. The molecule has 2 aromatic heterocycles. The third-order valence-corrected chi connectivity index (χ3v) is 6.26. The van der Waals surface area contributed by atoms with Crippen molar-refractivity contribution in [1.29, 1.82) is 0 Å². The molecular formula is C19H18F2N2O3S2. The second-order valence-electron chi connectivity index (χ2n) is 6.27. The number of hydrogen-bond acceptors (Lipinski definition) is 6. The molecule has 2 heterocycles. The standard InChI is InChI=1S/C19H18F2N2O3S2/c1-9-4-5-14(26-19(20)21)12(6-9)13(24)7-27-8-15-22-17(25)16-10(2)11(3)28-18(16)23-15/h4-6,19H,7-8H2,1-3H3,(H,22,23,25). The Morgan fingerprint density at radius 3 is 2.79 bits per heavy atom. The number of halogens is 2. The van der Waals surface area contributed by atoms with Crippen LogP contribution in [-0.4, -0.2) is 28.1 Å². The normalized spacial score (nSPS) is 11.4. The summed E-state index contributed by atoms with van der Waals surface area (Å²) in [5, 5.41) is 0.598. The lowest BCUT2D eigenvalue weighted by molar-refractivity contribution is -0.0501. The SMILES string of the molecule is Cc1ccc(OC(F)F)c(C(=O)CSCc2nc3sc(C)c(C)c3c(=O)[nH]2)c1. The first-order valence-electron chi connectivity index (χ1n) is 8.41. The van der Waals surface area contributed by atoms with E-state index in [2.05, 4.69) is 14.7 Å². The van der Waals surface area contributed by atoms with Crippen molar-refractivity contribution in [1.82, 2.24) is 9.97 Å². The summed E-state index contributed by atoms with van der Waals surface area (Å²) in [5.74, 6) is 0.390. The van der Waals surface area contributed by atoms with Gasteiger partial charge in [-0.25, -0.2) is 4.98 Å². The predicted molar refractivity (Wildman–Crippen MR) is 108 cm³/mol. The van der Waals surface area contributed by atoms with Crippen LogP contribution in [0.3, 0.4) is 0 Å². The van der Waals surface area contributed by atoms with Gasteiger partial charge in [-0.05, 0) is 38.5 Å². The van der Waals surface area contributed by atoms with Gasteiger partial charge in [0.15, 0.2) is 5.78 Å². The van der Waals surface area contributed by atoms with Gasteiger partial charge in [0, 0.05) is 4.88 Å². The van der Waals surface area contributed by atoms with Gasteiger partial charge in [0.1, 0.15) is 16.4 Å². The molecule has 0 radical (unpaired) electrons. The highest BCUT2D eigenvalue weighted by atomic mass is 32.2. The molecule has 1 aromatic carbocycles. The average molecular weight is 424 g/mol. The summed E-state index contributed by atoms with van der Waals surface area (Å²) in [4.78, 5) is 33.7. The van der Waals surface area contributed by atoms with Crippen LogP contribution in [-0.2, 0) is 5.75 Å². The van der Waals surface area contributed by atoms with Crippen molar-refractivity contribution in [3.05, 3.63) is 55.9 Å². The van der Waals surface area contributed by atoms with Crippen LogP contribution in [0.5, 0.6) is 5.75 Å². The molecule has 0 fully saturated rings. The molecule has 1 N–H and O–H groups in total. The van der Waals surface area contributed by atoms with Crippen LogP contribution in [0.1, 0.15) is 32.2 Å². The van der Waals surface area contributed by atoms with Crippen molar-refractivity contribution < 1.29 is 18.3 Å². The second-order valence-corrected chi connectivity index (χ2v) is 8.46. The number of aryl methyl sites for hydroxylation is 3. The van der Waals surface area contributed by atoms with E-state index >= 15 is 0 Å². The smallest absolute Gasteiger partial charge is 0.387 e. The number of nitrogens with zero attached hydrogens (tertiary/aromatic N) is 1. The van der Waals surface area contributed by atoms with Gasteiger partial charge in [0.25, 0.3) is 5.56 Å². The van der Waals surface area contributed by atoms with E-state index in [1.165, 1.54) is 35.2 Å². The number of rotatable bonds is 7. The van der Waals surface area contributed by atoms with Gasteiger partial charge in [0.05, 0.1) is 22.5 Å². The molecule has 0 bridgehead atoms. The summed E-state index contributed by atoms with van der Waals surface area (Å²) in [6.07, 6.45) is 0. The van der Waals surface area contributed by atoms with Gasteiger partial charge in [-0.2, -0.15) is 8.78 Å². The number of Topliss-reactive ketones (excluding diaryl/α,β-unsaturated/α-hetero) is 1. The number of alkyl halides is 2. The van der Waals surface area contributed by atoms with Crippen LogP contribution in [0.2, 0.25) is 0 Å². The molecule has 0 aliphatic heterocycles. The number of thiophene rings is 1. The van der Waals surface area contributed by atoms with Gasteiger partial charge in [-0.15, -0.1) is 23.1 Å². The van der Waals surface area contributed by atoms with E-state index in [-0.39, 0.29) is 28.4 Å². The van der Waals surface area contributed by atoms with E-state index in [0.29, 0.717) is 21.8 Å². The van der Waals surface area contributed by atoms with Crippen molar-refractivity contribution in [2.75, 3.05) is 5.75 Å². The minimum Gasteiger partial charge on any atom is -0.434 e. The Morgan fingerprint density at radius 1 is 1.32 bits per heavy atom. The quantitative estimate of drug-likeness (QED) is 0.560. The number of hydrogen-bond donors (Lipinski definition) is 1. The van der Waals surface area contributed by atoms with E-state index in [9.17, 15) is 18.4 Å². The highest BCUT2D eigenvalue weighted by Crippen LogP contribution is 2.27. The number of aromatic amines is 1. The number of carbonyl (C=O) groups excluding carboxylic acids is 1. The molecule has 0 aliphatic rings. The molecule has 3 aromatic rings. The zero-order valence-electron chi connectivity index (χ0n) is 15.5. The van der Waals surface area contributed by atoms with E-state index in [0.717, 1.165) is 16.0 Å². The summed E-state index contributed by atoms with van der Waals surface area (Å²) in [6.45, 7) is 2.60. The van der Waals surface area contributed by atoms with E-state index in [1.54, 1.807) is 13.0 Å². The Hall–Kier alpha value is -2.26. The lowest BCUT2D eigenvalue weighted by atomic mass is 10.1. The molecule has 9 heteroatoms. The summed E-state index contributed by atoms with van der Waals surface area (Å²) in [5.41, 5.74) is 1.62. The van der Waals surface area contributed by atoms with Crippen LogP contribution in [0, 0.1) is 20.8 Å². The van der Waals surface area contributed by atoms with E-state index in [1.807, 2.05) is 13.8 Å². The van der Waals surface area contributed by atoms with Gasteiger partial charge >= 0.3 is 6.61 Å². The fraction of sp³-hybridized carbons (Fsp3) is 0.316. The summed E-state index contributed by atoms with van der Waals surface area (Å²) in [7, 11) is 0. The molecule has 28 heavy (non-hydrogen) atoms. The number of aromatic nitrogens is 2. The number of benzene rings is 1. The van der Waals surface area contributed by atoms with E-state index in [4.69, 9.17) is 0 Å². The first-order chi connectivity index (χ1) is 13.3. The summed E-state index contributed by atoms with van der Waals surface area (Å²) < 4.78 is 29.5. The third-order valence-electron chi connectivity index (χ3n) is 4.21. The number of ketones is 1. The summed E-state index contributed by atoms with van der Waals surface area (Å²) in [6, 6.07) is 4.51. The molecule has 0 spiro atoms. The third kappa shape index (κ3) is 4.41. The number of H-pyrrole nitrogens is 1. The summed E-state index contributed by atoms with van der Waals surface area (Å²) >= 11 is 2.71. The Balaban J connectivity index is 1.72. The van der Waals surface area contributed by atoms with Crippen LogP contribution >= 0.6 is 23.1 Å². The van der Waals surface area contributed by atoms with Gasteiger partial charge in [-0.1, -0.05) is 11.6 Å². The Bertz CT molecular complexity index is 1090. The lowest BCUT2D eigenvalue weighted by Crippen LogP contribution is -2.12. The highest BCUT2D eigenvalue weighted by molar-refractivity contribution is 7.99. The predicted octanol–water partition coefficient (Wildman–Crippen LogP) is 4.63. The van der Waals surface area contributed by atoms with Crippen LogP contribution in [0.4, 0.5) is 8.78 Å². The highest BCUT2D eigenvalue weighted by Gasteiger charge is 2.17. The van der Waals surface area contributed by atoms with Crippen molar-refractivity contribution in [2.45, 2.75) is 33.1 Å². The van der Waals surface area contributed by atoms with E-state index < -0.39 is 6.61 Å². The molecule has 0 aliphatic carbocycles. The largest absolute Gasteiger partial charge is 0.434 e. The second kappa shape index (κ2) is 8.40. The van der Waals surface area contributed by atoms with Crippen LogP contribution in [0.25, 0.3) is 10.2 Å². The van der Waals surface area contributed by atoms with Crippen LogP contribution in [0.15, 0.2) is 23.0 Å². The maximum Gasteiger partial charge on any atom is 0.387 e. The molecular weight excluding hydrogens is 406 g/mol. The number of ether oxygens (including phenoxy) is 1. The molecule has 5 nitrogen and oxygen atoms in total. The number of nitrogens with one attached hydrogen (secondary N) is 1. The first kappa shape index (κ1) is 20.5. The first-order valence-corrected chi connectivity index (χ1v) is 10.4. The molecule has 0 saturated heterocycles. The topological polar surface area (TPSA) is 72.0 Å². The Morgan fingerprint density at radius 2 is 2.07 bits per heavy atom. The Kier molecular flexibility index (Phi) is 6.14. The molecule has 0 atom stereocenters. The lowest BCUT2D eigenvalue weighted by Gasteiger charge is -2.10. The fourth-order valence-corrected chi connectivity index (χ4v) is 4.57. The molecule has 3 rings (SSSR count). The van der Waals surface area contributed by atoms with Crippen molar-refractivity contribution >= 4 is 39.1 Å². The van der Waals surface area contributed by atoms with Gasteiger partial charge < -0.3 is 9.72 Å². The van der Waals surface area contributed by atoms with Gasteiger partial charge in [0.2, 0.25) is 0 Å². The number of carbonyl (C=O) groups is 1. The molecule has 0 amide bonds. The van der Waals surface area contributed by atoms with Crippen molar-refractivity contribution in [3.63, 3.8) is 0 Å².